The van der Waals surface area contributed by atoms with E-state index >= 15 is 0 Å². The molecule has 0 radical (unpaired) electrons. The summed E-state index contributed by atoms with van der Waals surface area (Å²) in [6, 6.07) is 20.7. The van der Waals surface area contributed by atoms with Crippen LogP contribution in [0.2, 0.25) is 0 Å². The number of amides is 2. The Bertz CT molecular complexity index is 928. The quantitative estimate of drug-likeness (QED) is 0.595. The number of carbonyl (C=O) groups is 2. The second kappa shape index (κ2) is 9.50. The van der Waals surface area contributed by atoms with Gasteiger partial charge in [-0.15, -0.1) is 6.58 Å². The van der Waals surface area contributed by atoms with Crippen molar-refractivity contribution in [3.05, 3.63) is 96.3 Å². The van der Waals surface area contributed by atoms with Crippen LogP contribution in [-0.4, -0.2) is 35.0 Å². The molecule has 29 heavy (non-hydrogen) atoms. The summed E-state index contributed by atoms with van der Waals surface area (Å²) >= 11 is 0. The van der Waals surface area contributed by atoms with Crippen molar-refractivity contribution in [1.82, 2.24) is 10.1 Å². The lowest BCUT2D eigenvalue weighted by atomic mass is 9.90. The molecule has 6 heteroatoms. The summed E-state index contributed by atoms with van der Waals surface area (Å²) in [6.07, 6.45) is 1.61. The zero-order chi connectivity index (χ0) is 20.6. The Morgan fingerprint density at radius 3 is 2.17 bits per heavy atom. The van der Waals surface area contributed by atoms with Gasteiger partial charge in [-0.3, -0.25) is 9.59 Å². The van der Waals surface area contributed by atoms with E-state index in [1.807, 2.05) is 60.7 Å². The predicted octanol–water partition coefficient (Wildman–Crippen LogP) is 3.77. The number of aryl methyl sites for hydroxylation is 1. The average Bonchev–Trinajstić information content (AvgIpc) is 3.14. The van der Waals surface area contributed by atoms with E-state index in [-0.39, 0.29) is 24.9 Å². The Morgan fingerprint density at radius 1 is 1.10 bits per heavy atom. The fraction of sp³-hybridized carbons (Fsp3) is 0.174. The molecule has 0 aliphatic carbocycles. The van der Waals surface area contributed by atoms with Gasteiger partial charge in [0.25, 0.3) is 0 Å². The van der Waals surface area contributed by atoms with Crippen LogP contribution in [0.25, 0.3) is 0 Å². The van der Waals surface area contributed by atoms with Crippen LogP contribution in [0.1, 0.15) is 22.8 Å². The third-order valence-electron chi connectivity index (χ3n) is 4.40. The van der Waals surface area contributed by atoms with Gasteiger partial charge in [0.15, 0.2) is 5.82 Å². The maximum absolute atomic E-state index is 13.5. The van der Waals surface area contributed by atoms with E-state index in [1.165, 1.54) is 4.90 Å². The largest absolute Gasteiger partial charge is 0.360 e. The summed E-state index contributed by atoms with van der Waals surface area (Å²) in [5, 5.41) is 6.41. The normalized spacial score (nSPS) is 10.6. The standard InChI is InChI=1S/C23H23N3O3/c1-3-14-26(16-21(27)24-20-15-17(2)29-25-20)23(28)22(18-10-6-4-7-11-18)19-12-8-5-9-13-19/h3-13,15,22H,1,14,16H2,2H3,(H,24,25,27). The highest BCUT2D eigenvalue weighted by Crippen LogP contribution is 2.27. The summed E-state index contributed by atoms with van der Waals surface area (Å²) in [6.45, 7) is 5.60. The Morgan fingerprint density at radius 2 is 1.69 bits per heavy atom. The van der Waals surface area contributed by atoms with E-state index in [1.54, 1.807) is 19.1 Å². The van der Waals surface area contributed by atoms with Gasteiger partial charge in [0.2, 0.25) is 11.8 Å². The SMILES string of the molecule is C=CCN(CC(=O)Nc1cc(C)on1)C(=O)C(c1ccccc1)c1ccccc1. The zero-order valence-electron chi connectivity index (χ0n) is 16.2. The maximum Gasteiger partial charge on any atom is 0.245 e. The molecule has 1 heterocycles. The van der Waals surface area contributed by atoms with Gasteiger partial charge in [-0.05, 0) is 18.1 Å². The summed E-state index contributed by atoms with van der Waals surface area (Å²) in [7, 11) is 0. The van der Waals surface area contributed by atoms with Crippen LogP contribution in [0.15, 0.2) is 83.9 Å². The molecule has 2 amide bonds. The van der Waals surface area contributed by atoms with E-state index in [9.17, 15) is 9.59 Å². The number of nitrogens with one attached hydrogen (secondary N) is 1. The molecular formula is C23H23N3O3. The first-order chi connectivity index (χ1) is 14.1. The second-order valence-electron chi connectivity index (χ2n) is 6.63. The first kappa shape index (κ1) is 20.1. The molecule has 0 unspecified atom stereocenters. The van der Waals surface area contributed by atoms with E-state index in [0.29, 0.717) is 11.6 Å². The average molecular weight is 389 g/mol. The Hall–Kier alpha value is -3.67. The van der Waals surface area contributed by atoms with Gasteiger partial charge in [0, 0.05) is 12.6 Å². The molecule has 148 valence electrons. The van der Waals surface area contributed by atoms with Crippen LogP contribution < -0.4 is 5.32 Å². The van der Waals surface area contributed by atoms with Crippen molar-refractivity contribution >= 4 is 17.6 Å². The smallest absolute Gasteiger partial charge is 0.245 e. The van der Waals surface area contributed by atoms with Gasteiger partial charge < -0.3 is 14.7 Å². The number of benzene rings is 2. The van der Waals surface area contributed by atoms with Crippen molar-refractivity contribution in [2.45, 2.75) is 12.8 Å². The molecule has 0 aliphatic heterocycles. The number of carbonyl (C=O) groups excluding carboxylic acids is 2. The van der Waals surface area contributed by atoms with Crippen molar-refractivity contribution in [2.24, 2.45) is 0 Å². The van der Waals surface area contributed by atoms with Crippen molar-refractivity contribution in [1.29, 1.82) is 0 Å². The predicted molar refractivity (Wildman–Crippen MR) is 111 cm³/mol. The number of aromatic nitrogens is 1. The molecule has 6 nitrogen and oxygen atoms in total. The minimum atomic E-state index is -0.514. The number of hydrogen-bond acceptors (Lipinski definition) is 4. The fourth-order valence-corrected chi connectivity index (χ4v) is 3.12. The Labute approximate surface area is 169 Å². The number of nitrogens with zero attached hydrogens (tertiary/aromatic N) is 2. The van der Waals surface area contributed by atoms with Crippen LogP contribution in [0.5, 0.6) is 0 Å². The summed E-state index contributed by atoms with van der Waals surface area (Å²) in [4.78, 5) is 27.5. The molecule has 1 N–H and O–H groups in total. The molecular weight excluding hydrogens is 366 g/mol. The lowest BCUT2D eigenvalue weighted by Crippen LogP contribution is -2.41. The first-order valence-corrected chi connectivity index (χ1v) is 9.31. The van der Waals surface area contributed by atoms with Crippen LogP contribution in [0, 0.1) is 6.92 Å². The van der Waals surface area contributed by atoms with Gasteiger partial charge in [-0.25, -0.2) is 0 Å². The van der Waals surface area contributed by atoms with Crippen molar-refractivity contribution in [2.75, 3.05) is 18.4 Å². The summed E-state index contributed by atoms with van der Waals surface area (Å²) in [5.41, 5.74) is 1.73. The minimum Gasteiger partial charge on any atom is -0.360 e. The minimum absolute atomic E-state index is 0.118. The molecule has 1 aromatic heterocycles. The number of anilines is 1. The van der Waals surface area contributed by atoms with Crippen LogP contribution in [0.3, 0.4) is 0 Å². The molecule has 3 aromatic rings. The van der Waals surface area contributed by atoms with Gasteiger partial charge >= 0.3 is 0 Å². The fourth-order valence-electron chi connectivity index (χ4n) is 3.12. The van der Waals surface area contributed by atoms with Gasteiger partial charge in [-0.1, -0.05) is 71.9 Å². The van der Waals surface area contributed by atoms with E-state index in [4.69, 9.17) is 4.52 Å². The molecule has 0 bridgehead atoms. The number of hydrogen-bond donors (Lipinski definition) is 1. The Balaban J connectivity index is 1.84. The molecule has 0 fully saturated rings. The highest BCUT2D eigenvalue weighted by Gasteiger charge is 2.28. The summed E-state index contributed by atoms with van der Waals surface area (Å²) in [5.74, 6) is -0.129. The molecule has 0 saturated heterocycles. The van der Waals surface area contributed by atoms with Crippen LogP contribution >= 0.6 is 0 Å². The molecule has 0 atom stereocenters. The van der Waals surface area contributed by atoms with Crippen molar-refractivity contribution in [3.63, 3.8) is 0 Å². The third-order valence-corrected chi connectivity index (χ3v) is 4.40. The van der Waals surface area contributed by atoms with Crippen LogP contribution in [0.4, 0.5) is 5.82 Å². The van der Waals surface area contributed by atoms with Crippen molar-refractivity contribution in [3.8, 4) is 0 Å². The molecule has 0 saturated carbocycles. The zero-order valence-corrected chi connectivity index (χ0v) is 16.2. The molecule has 0 aliphatic rings. The molecule has 2 aromatic carbocycles. The van der Waals surface area contributed by atoms with Crippen molar-refractivity contribution < 1.29 is 14.1 Å². The maximum atomic E-state index is 13.5. The monoisotopic (exact) mass is 389 g/mol. The topological polar surface area (TPSA) is 75.4 Å². The number of rotatable bonds is 8. The van der Waals surface area contributed by atoms with E-state index < -0.39 is 5.92 Å². The lowest BCUT2D eigenvalue weighted by molar-refractivity contribution is -0.134. The van der Waals surface area contributed by atoms with E-state index in [2.05, 4.69) is 17.1 Å². The van der Waals surface area contributed by atoms with Gasteiger partial charge in [0.1, 0.15) is 12.3 Å². The second-order valence-corrected chi connectivity index (χ2v) is 6.63. The van der Waals surface area contributed by atoms with E-state index in [0.717, 1.165) is 11.1 Å². The highest BCUT2D eigenvalue weighted by molar-refractivity contribution is 5.95. The van der Waals surface area contributed by atoms with Gasteiger partial charge in [0.05, 0.1) is 5.92 Å². The lowest BCUT2D eigenvalue weighted by Gasteiger charge is -2.26. The first-order valence-electron chi connectivity index (χ1n) is 9.31. The Kier molecular flexibility index (Phi) is 6.58. The third kappa shape index (κ3) is 5.19. The molecule has 3 rings (SSSR count). The summed E-state index contributed by atoms with van der Waals surface area (Å²) < 4.78 is 4.96. The highest BCUT2D eigenvalue weighted by atomic mass is 16.5. The van der Waals surface area contributed by atoms with Gasteiger partial charge in [-0.2, -0.15) is 0 Å². The van der Waals surface area contributed by atoms with Crippen LogP contribution in [-0.2, 0) is 9.59 Å². The molecule has 0 spiro atoms.